The van der Waals surface area contributed by atoms with Gasteiger partial charge in [-0.1, -0.05) is 24.3 Å². The average Bonchev–Trinajstić information content (AvgIpc) is 2.76. The van der Waals surface area contributed by atoms with Gasteiger partial charge in [0.1, 0.15) is 11.9 Å². The fourth-order valence-corrected chi connectivity index (χ4v) is 3.33. The molecule has 8 heteroatoms. The minimum absolute atomic E-state index is 0.192. The molecule has 1 fully saturated rings. The largest absolute Gasteiger partial charge is 0.353 e. The number of anilines is 2. The number of pyridine rings is 1. The molecule has 1 saturated heterocycles. The lowest BCUT2D eigenvalue weighted by Gasteiger charge is -2.37. The van der Waals surface area contributed by atoms with E-state index in [0.29, 0.717) is 31.9 Å². The fourth-order valence-electron chi connectivity index (χ4n) is 3.33. The van der Waals surface area contributed by atoms with Crippen molar-refractivity contribution in [2.75, 3.05) is 36.1 Å². The first-order valence-electron chi connectivity index (χ1n) is 9.32. The Morgan fingerprint density at radius 3 is 2.43 bits per heavy atom. The van der Waals surface area contributed by atoms with Crippen molar-refractivity contribution in [3.05, 3.63) is 54.7 Å². The smallest absolute Gasteiger partial charge is 0.290 e. The monoisotopic (exact) mass is 378 g/mol. The second kappa shape index (κ2) is 7.67. The van der Waals surface area contributed by atoms with Gasteiger partial charge in [0.25, 0.3) is 11.8 Å². The molecule has 1 aromatic carbocycles. The number of benzene rings is 1. The van der Waals surface area contributed by atoms with Crippen LogP contribution in [0.4, 0.5) is 11.5 Å². The molecular weight excluding hydrogens is 356 g/mol. The Morgan fingerprint density at radius 2 is 1.75 bits per heavy atom. The summed E-state index contributed by atoms with van der Waals surface area (Å²) in [7, 11) is 0. The Hall–Kier alpha value is -3.42. The number of amides is 2. The first-order chi connectivity index (χ1) is 13.6. The predicted octanol–water partition coefficient (Wildman–Crippen LogP) is 1.07. The molecule has 1 unspecified atom stereocenters. The number of hydrogen-bond acceptors (Lipinski definition) is 6. The van der Waals surface area contributed by atoms with E-state index in [1.807, 2.05) is 48.5 Å². The van der Waals surface area contributed by atoms with Crippen molar-refractivity contribution in [2.45, 2.75) is 13.0 Å². The number of nitrogens with one attached hydrogen (secondary N) is 1. The third-order valence-electron chi connectivity index (χ3n) is 4.88. The van der Waals surface area contributed by atoms with Crippen molar-refractivity contribution < 1.29 is 9.59 Å². The number of aromatic nitrogens is 1. The molecule has 2 amide bonds. The molecule has 1 atom stereocenters. The zero-order valence-corrected chi connectivity index (χ0v) is 15.7. The second-order valence-corrected chi connectivity index (χ2v) is 6.74. The Labute approximate surface area is 163 Å². The zero-order valence-electron chi connectivity index (χ0n) is 15.7. The van der Waals surface area contributed by atoms with Crippen LogP contribution >= 0.6 is 0 Å². The summed E-state index contributed by atoms with van der Waals surface area (Å²) < 4.78 is 0. The SMILES string of the molecule is CC1N=C(C(=O)N2CCN(c3ccccn3)CC2)NN(c2ccccc2)C1=O. The van der Waals surface area contributed by atoms with E-state index >= 15 is 0 Å². The molecule has 28 heavy (non-hydrogen) atoms. The van der Waals surface area contributed by atoms with Crippen LogP contribution in [0.2, 0.25) is 0 Å². The number of amidine groups is 1. The number of piperazine rings is 1. The van der Waals surface area contributed by atoms with Gasteiger partial charge in [-0.15, -0.1) is 0 Å². The summed E-state index contributed by atoms with van der Waals surface area (Å²) in [5.74, 6) is 0.725. The lowest BCUT2D eigenvalue weighted by molar-refractivity contribution is -0.125. The number of aliphatic imine (C=N–C) groups is 1. The highest BCUT2D eigenvalue weighted by molar-refractivity contribution is 6.39. The lowest BCUT2D eigenvalue weighted by atomic mass is 10.2. The van der Waals surface area contributed by atoms with Crippen molar-refractivity contribution in [3.63, 3.8) is 0 Å². The minimum atomic E-state index is -0.616. The van der Waals surface area contributed by atoms with Crippen molar-refractivity contribution in [2.24, 2.45) is 4.99 Å². The van der Waals surface area contributed by atoms with Crippen LogP contribution in [0.3, 0.4) is 0 Å². The van der Waals surface area contributed by atoms with E-state index in [1.165, 1.54) is 5.01 Å². The van der Waals surface area contributed by atoms with E-state index in [2.05, 4.69) is 20.3 Å². The van der Waals surface area contributed by atoms with Crippen LogP contribution in [0.1, 0.15) is 6.92 Å². The van der Waals surface area contributed by atoms with Gasteiger partial charge >= 0.3 is 0 Å². The minimum Gasteiger partial charge on any atom is -0.353 e. The summed E-state index contributed by atoms with van der Waals surface area (Å²) >= 11 is 0. The highest BCUT2D eigenvalue weighted by atomic mass is 16.2. The van der Waals surface area contributed by atoms with Crippen LogP contribution in [0.15, 0.2) is 59.7 Å². The highest BCUT2D eigenvalue weighted by Gasteiger charge is 2.33. The van der Waals surface area contributed by atoms with E-state index in [4.69, 9.17) is 0 Å². The number of carbonyl (C=O) groups is 2. The van der Waals surface area contributed by atoms with E-state index in [0.717, 1.165) is 5.82 Å². The quantitative estimate of drug-likeness (QED) is 0.864. The van der Waals surface area contributed by atoms with Crippen molar-refractivity contribution in [1.82, 2.24) is 15.3 Å². The molecule has 0 saturated carbocycles. The predicted molar refractivity (Wildman–Crippen MR) is 107 cm³/mol. The molecule has 1 aromatic heterocycles. The second-order valence-electron chi connectivity index (χ2n) is 6.74. The molecule has 2 aliphatic rings. The summed E-state index contributed by atoms with van der Waals surface area (Å²) in [5, 5.41) is 1.40. The molecular formula is C20H22N6O2. The number of hydrogen-bond donors (Lipinski definition) is 1. The summed E-state index contributed by atoms with van der Waals surface area (Å²) in [4.78, 5) is 38.0. The average molecular weight is 378 g/mol. The number of carbonyl (C=O) groups excluding carboxylic acids is 2. The number of hydrazine groups is 1. The van der Waals surface area contributed by atoms with Crippen LogP contribution in [0.5, 0.6) is 0 Å². The normalized spacial score (nSPS) is 19.9. The molecule has 0 radical (unpaired) electrons. The van der Waals surface area contributed by atoms with E-state index in [-0.39, 0.29) is 17.6 Å². The maximum atomic E-state index is 13.0. The van der Waals surface area contributed by atoms with Gasteiger partial charge in [0.05, 0.1) is 5.69 Å². The van der Waals surface area contributed by atoms with Crippen LogP contribution < -0.4 is 15.3 Å². The van der Waals surface area contributed by atoms with Gasteiger partial charge in [0.15, 0.2) is 0 Å². The van der Waals surface area contributed by atoms with Gasteiger partial charge < -0.3 is 9.80 Å². The van der Waals surface area contributed by atoms with Crippen LogP contribution in [-0.4, -0.2) is 59.8 Å². The summed E-state index contributed by atoms with van der Waals surface area (Å²) in [5.41, 5.74) is 3.59. The Bertz CT molecular complexity index is 878. The first kappa shape index (κ1) is 18.0. The third-order valence-corrected chi connectivity index (χ3v) is 4.88. The Morgan fingerprint density at radius 1 is 1.04 bits per heavy atom. The van der Waals surface area contributed by atoms with Gasteiger partial charge in [0.2, 0.25) is 5.84 Å². The van der Waals surface area contributed by atoms with Crippen LogP contribution in [-0.2, 0) is 9.59 Å². The molecule has 2 aliphatic heterocycles. The van der Waals surface area contributed by atoms with Crippen LogP contribution in [0, 0.1) is 0 Å². The molecule has 4 rings (SSSR count). The Balaban J connectivity index is 1.45. The summed E-state index contributed by atoms with van der Waals surface area (Å²) in [6, 6.07) is 14.4. The highest BCUT2D eigenvalue weighted by Crippen LogP contribution is 2.17. The van der Waals surface area contributed by atoms with E-state index < -0.39 is 6.04 Å². The van der Waals surface area contributed by atoms with Crippen molar-refractivity contribution in [3.8, 4) is 0 Å². The number of nitrogens with zero attached hydrogens (tertiary/aromatic N) is 5. The topological polar surface area (TPSA) is 81.1 Å². The van der Waals surface area contributed by atoms with E-state index in [9.17, 15) is 9.59 Å². The molecule has 144 valence electrons. The number of rotatable bonds is 3. The van der Waals surface area contributed by atoms with Gasteiger partial charge in [0, 0.05) is 32.4 Å². The third kappa shape index (κ3) is 3.53. The number of para-hydroxylation sites is 1. The summed E-state index contributed by atoms with van der Waals surface area (Å²) in [6.07, 6.45) is 1.77. The maximum Gasteiger partial charge on any atom is 0.290 e. The van der Waals surface area contributed by atoms with Crippen LogP contribution in [0.25, 0.3) is 0 Å². The van der Waals surface area contributed by atoms with Gasteiger partial charge in [-0.25, -0.2) is 15.0 Å². The molecule has 0 bridgehead atoms. The molecule has 1 N–H and O–H groups in total. The molecule has 3 heterocycles. The molecule has 2 aromatic rings. The standard InChI is InChI=1S/C20H22N6O2/c1-15-19(27)26(16-7-3-2-4-8-16)23-18(22-15)20(28)25-13-11-24(12-14-25)17-9-5-6-10-21-17/h2-10,15H,11-14H2,1H3,(H,22,23). The first-order valence-corrected chi connectivity index (χ1v) is 9.32. The Kier molecular flexibility index (Phi) is 4.92. The molecule has 8 nitrogen and oxygen atoms in total. The molecule has 0 aliphatic carbocycles. The molecule has 0 spiro atoms. The van der Waals surface area contributed by atoms with Gasteiger partial charge in [-0.3, -0.25) is 15.0 Å². The maximum absolute atomic E-state index is 13.0. The fraction of sp³-hybridized carbons (Fsp3) is 0.300. The van der Waals surface area contributed by atoms with Gasteiger partial charge in [-0.05, 0) is 31.2 Å². The van der Waals surface area contributed by atoms with Crippen molar-refractivity contribution >= 4 is 29.2 Å². The summed E-state index contributed by atoms with van der Waals surface area (Å²) in [6.45, 7) is 4.25. The van der Waals surface area contributed by atoms with Gasteiger partial charge in [-0.2, -0.15) is 0 Å². The van der Waals surface area contributed by atoms with E-state index in [1.54, 1.807) is 18.0 Å². The van der Waals surface area contributed by atoms with Crippen molar-refractivity contribution in [1.29, 1.82) is 0 Å². The lowest BCUT2D eigenvalue weighted by Crippen LogP contribution is -2.60. The zero-order chi connectivity index (χ0) is 19.5.